The molecule has 5 rings (SSSR count). The van der Waals surface area contributed by atoms with E-state index in [1.54, 1.807) is 31.5 Å². The first-order valence-corrected chi connectivity index (χ1v) is 10.3. The van der Waals surface area contributed by atoms with E-state index in [0.717, 1.165) is 16.6 Å². The fourth-order valence-electron chi connectivity index (χ4n) is 3.15. The average Bonchev–Trinajstić information content (AvgIpc) is 3.27. The molecule has 160 valence electrons. The predicted octanol–water partition coefficient (Wildman–Crippen LogP) is 5.80. The molecule has 0 saturated heterocycles. The first-order valence-electron chi connectivity index (χ1n) is 9.50. The van der Waals surface area contributed by atoms with Crippen molar-refractivity contribution in [1.29, 1.82) is 0 Å². The van der Waals surface area contributed by atoms with E-state index in [1.165, 1.54) is 0 Å². The Kier molecular flexibility index (Phi) is 5.38. The molecule has 1 N–H and O–H groups in total. The molecule has 0 fully saturated rings. The summed E-state index contributed by atoms with van der Waals surface area (Å²) in [5, 5.41) is 12.5. The summed E-state index contributed by atoms with van der Waals surface area (Å²) in [5.74, 6) is 1.55. The summed E-state index contributed by atoms with van der Waals surface area (Å²) in [5.41, 5.74) is 3.69. The Morgan fingerprint density at radius 3 is 2.62 bits per heavy atom. The van der Waals surface area contributed by atoms with E-state index < -0.39 is 0 Å². The van der Waals surface area contributed by atoms with Gasteiger partial charge in [0.2, 0.25) is 5.95 Å². The molecule has 32 heavy (non-hydrogen) atoms. The number of nitrogens with zero attached hydrogens (tertiary/aromatic N) is 4. The van der Waals surface area contributed by atoms with E-state index >= 15 is 0 Å². The van der Waals surface area contributed by atoms with Crippen molar-refractivity contribution in [3.8, 4) is 11.5 Å². The number of methoxy groups -OCH3 is 1. The van der Waals surface area contributed by atoms with Gasteiger partial charge in [-0.25, -0.2) is 14.6 Å². The van der Waals surface area contributed by atoms with Crippen molar-refractivity contribution in [2.24, 2.45) is 0 Å². The summed E-state index contributed by atoms with van der Waals surface area (Å²) in [4.78, 5) is 8.94. The quantitative estimate of drug-likeness (QED) is 0.334. The van der Waals surface area contributed by atoms with Gasteiger partial charge in [-0.1, -0.05) is 29.3 Å². The molecule has 8 nitrogen and oxygen atoms in total. The SMILES string of the molecule is COc1cc2cnc(Nc3ccc(Cl)c(Cl)c3)nc2cc1OCc1ccc2nonc2c1. The number of nitrogens with one attached hydrogen (secondary N) is 1. The van der Waals surface area contributed by atoms with Crippen molar-refractivity contribution in [3.05, 3.63) is 70.3 Å². The molecule has 0 aliphatic rings. The van der Waals surface area contributed by atoms with Gasteiger partial charge < -0.3 is 14.8 Å². The number of hydrogen-bond acceptors (Lipinski definition) is 8. The van der Waals surface area contributed by atoms with Crippen LogP contribution >= 0.6 is 23.2 Å². The number of rotatable bonds is 6. The van der Waals surface area contributed by atoms with Gasteiger partial charge in [0.25, 0.3) is 0 Å². The molecule has 5 aromatic rings. The minimum atomic E-state index is 0.310. The predicted molar refractivity (Wildman–Crippen MR) is 122 cm³/mol. The molecule has 0 spiro atoms. The summed E-state index contributed by atoms with van der Waals surface area (Å²) in [6.45, 7) is 0.310. The van der Waals surface area contributed by atoms with Crippen LogP contribution in [0.4, 0.5) is 11.6 Å². The van der Waals surface area contributed by atoms with E-state index in [1.807, 2.05) is 30.3 Å². The van der Waals surface area contributed by atoms with Crippen molar-refractivity contribution >= 4 is 56.8 Å². The van der Waals surface area contributed by atoms with Crippen LogP contribution in [0.15, 0.2) is 59.4 Å². The zero-order valence-corrected chi connectivity index (χ0v) is 18.2. The molecule has 0 amide bonds. The van der Waals surface area contributed by atoms with Crippen molar-refractivity contribution in [2.45, 2.75) is 6.61 Å². The lowest BCUT2D eigenvalue weighted by molar-refractivity contribution is 0.285. The second-order valence-electron chi connectivity index (χ2n) is 6.89. The van der Waals surface area contributed by atoms with E-state index in [2.05, 4.69) is 25.6 Å². The standard InChI is InChI=1S/C22H15Cl2N5O3/c1-30-20-7-13-10-25-22(26-14-3-4-15(23)16(24)8-14)27-18(13)9-21(20)31-11-12-2-5-17-19(6-12)29-32-28-17/h2-10H,11H2,1H3,(H,25,26,27). The van der Waals surface area contributed by atoms with Crippen LogP contribution < -0.4 is 14.8 Å². The van der Waals surface area contributed by atoms with Gasteiger partial charge in [0, 0.05) is 23.3 Å². The van der Waals surface area contributed by atoms with Crippen molar-refractivity contribution in [3.63, 3.8) is 0 Å². The summed E-state index contributed by atoms with van der Waals surface area (Å²) in [7, 11) is 1.59. The van der Waals surface area contributed by atoms with Crippen molar-refractivity contribution < 1.29 is 14.1 Å². The molecule has 2 aromatic heterocycles. The third-order valence-corrected chi connectivity index (χ3v) is 5.49. The smallest absolute Gasteiger partial charge is 0.227 e. The van der Waals surface area contributed by atoms with E-state index in [4.69, 9.17) is 37.3 Å². The molecular weight excluding hydrogens is 453 g/mol. The maximum atomic E-state index is 6.08. The molecule has 10 heteroatoms. The van der Waals surface area contributed by atoms with Crippen LogP contribution in [0.5, 0.6) is 11.5 Å². The molecular formula is C22H15Cl2N5O3. The molecule has 0 aliphatic carbocycles. The van der Waals surface area contributed by atoms with E-state index in [9.17, 15) is 0 Å². The normalized spacial score (nSPS) is 11.1. The summed E-state index contributed by atoms with van der Waals surface area (Å²) in [6, 6.07) is 14.5. The van der Waals surface area contributed by atoms with Gasteiger partial charge in [-0.15, -0.1) is 0 Å². The number of aromatic nitrogens is 4. The van der Waals surface area contributed by atoms with Crippen molar-refractivity contribution in [1.82, 2.24) is 20.3 Å². The molecule has 0 saturated carbocycles. The van der Waals surface area contributed by atoms with Crippen LogP contribution in [0.2, 0.25) is 10.0 Å². The highest BCUT2D eigenvalue weighted by Crippen LogP contribution is 2.33. The van der Waals surface area contributed by atoms with Crippen LogP contribution in [0, 0.1) is 0 Å². The van der Waals surface area contributed by atoms with E-state index in [0.29, 0.717) is 50.6 Å². The lowest BCUT2D eigenvalue weighted by Gasteiger charge is -2.12. The van der Waals surface area contributed by atoms with E-state index in [-0.39, 0.29) is 0 Å². The summed E-state index contributed by atoms with van der Waals surface area (Å²) in [6.07, 6.45) is 1.71. The maximum absolute atomic E-state index is 6.08. The number of fused-ring (bicyclic) bond motifs is 2. The number of anilines is 2. The van der Waals surface area contributed by atoms with Crippen molar-refractivity contribution in [2.75, 3.05) is 12.4 Å². The summed E-state index contributed by atoms with van der Waals surface area (Å²) < 4.78 is 16.2. The molecule has 0 aliphatic heterocycles. The largest absolute Gasteiger partial charge is 0.493 e. The van der Waals surface area contributed by atoms with Crippen LogP contribution in [-0.2, 0) is 6.61 Å². The Labute approximate surface area is 192 Å². The second kappa shape index (κ2) is 8.49. The Morgan fingerprint density at radius 1 is 0.906 bits per heavy atom. The number of benzene rings is 3. The first kappa shape index (κ1) is 20.3. The number of hydrogen-bond donors (Lipinski definition) is 1. The van der Waals surface area contributed by atoms with Crippen LogP contribution in [0.25, 0.3) is 21.9 Å². The Balaban J connectivity index is 1.41. The van der Waals surface area contributed by atoms with Gasteiger partial charge >= 0.3 is 0 Å². The highest BCUT2D eigenvalue weighted by atomic mass is 35.5. The zero-order chi connectivity index (χ0) is 22.1. The van der Waals surface area contributed by atoms with Crippen LogP contribution in [0.1, 0.15) is 5.56 Å². The maximum Gasteiger partial charge on any atom is 0.227 e. The third-order valence-electron chi connectivity index (χ3n) is 4.75. The second-order valence-corrected chi connectivity index (χ2v) is 7.70. The van der Waals surface area contributed by atoms with Gasteiger partial charge in [-0.2, -0.15) is 0 Å². The molecule has 0 bridgehead atoms. The molecule has 0 radical (unpaired) electrons. The average molecular weight is 468 g/mol. The Bertz CT molecular complexity index is 1440. The topological polar surface area (TPSA) is 95.2 Å². The minimum Gasteiger partial charge on any atom is -0.493 e. The molecule has 3 aromatic carbocycles. The number of ether oxygens (including phenoxy) is 2. The summed E-state index contributed by atoms with van der Waals surface area (Å²) >= 11 is 12.1. The molecule has 2 heterocycles. The van der Waals surface area contributed by atoms with Crippen LogP contribution in [0.3, 0.4) is 0 Å². The Morgan fingerprint density at radius 2 is 1.78 bits per heavy atom. The van der Waals surface area contributed by atoms with Gasteiger partial charge in [-0.05, 0) is 52.3 Å². The van der Waals surface area contributed by atoms with Gasteiger partial charge in [0.05, 0.1) is 22.7 Å². The van der Waals surface area contributed by atoms with Gasteiger partial charge in [0.15, 0.2) is 11.5 Å². The fourth-order valence-corrected chi connectivity index (χ4v) is 3.45. The fraction of sp³-hybridized carbons (Fsp3) is 0.0909. The third kappa shape index (κ3) is 4.10. The molecule has 0 atom stereocenters. The lowest BCUT2D eigenvalue weighted by atomic mass is 10.2. The zero-order valence-electron chi connectivity index (χ0n) is 16.7. The van der Waals surface area contributed by atoms with Crippen LogP contribution in [-0.4, -0.2) is 27.4 Å². The monoisotopic (exact) mass is 467 g/mol. The molecule has 0 unspecified atom stereocenters. The van der Waals surface area contributed by atoms with Gasteiger partial charge in [-0.3, -0.25) is 0 Å². The highest BCUT2D eigenvalue weighted by molar-refractivity contribution is 6.42. The highest BCUT2D eigenvalue weighted by Gasteiger charge is 2.11. The minimum absolute atomic E-state index is 0.310. The number of halogens is 2. The Hall–Kier alpha value is -3.62. The lowest BCUT2D eigenvalue weighted by Crippen LogP contribution is -2.00. The first-order chi connectivity index (χ1) is 15.6. The van der Waals surface area contributed by atoms with Gasteiger partial charge in [0.1, 0.15) is 17.6 Å².